The molecule has 0 aromatic heterocycles. The second kappa shape index (κ2) is 8.18. The number of carbonyl (C=O) groups is 2. The SMILES string of the molecule is CC(=O)N(CCC(=O)NC1CCCC1)CCC(C)C. The summed E-state index contributed by atoms with van der Waals surface area (Å²) in [5, 5.41) is 3.06. The molecule has 1 aliphatic carbocycles. The molecule has 0 unspecified atom stereocenters. The fourth-order valence-electron chi connectivity index (χ4n) is 2.45. The van der Waals surface area contributed by atoms with Gasteiger partial charge in [-0.05, 0) is 25.2 Å². The third-order valence-corrected chi connectivity index (χ3v) is 3.75. The largest absolute Gasteiger partial charge is 0.353 e. The minimum absolute atomic E-state index is 0.0642. The Morgan fingerprint density at radius 2 is 1.84 bits per heavy atom. The molecule has 1 N–H and O–H groups in total. The highest BCUT2D eigenvalue weighted by Crippen LogP contribution is 2.17. The molecular formula is C15H28N2O2. The number of hydrogen-bond acceptors (Lipinski definition) is 2. The lowest BCUT2D eigenvalue weighted by Gasteiger charge is -2.22. The molecule has 0 radical (unpaired) electrons. The van der Waals surface area contributed by atoms with E-state index < -0.39 is 0 Å². The number of nitrogens with one attached hydrogen (secondary N) is 1. The Balaban J connectivity index is 2.25. The normalized spacial score (nSPS) is 15.8. The highest BCUT2D eigenvalue weighted by Gasteiger charge is 2.18. The van der Waals surface area contributed by atoms with E-state index in [1.165, 1.54) is 12.8 Å². The quantitative estimate of drug-likeness (QED) is 0.770. The minimum Gasteiger partial charge on any atom is -0.353 e. The average Bonchev–Trinajstić information content (AvgIpc) is 2.80. The predicted molar refractivity (Wildman–Crippen MR) is 76.7 cm³/mol. The van der Waals surface area contributed by atoms with Gasteiger partial charge >= 0.3 is 0 Å². The van der Waals surface area contributed by atoms with Crippen molar-refractivity contribution in [3.63, 3.8) is 0 Å². The molecule has 1 rings (SSSR count). The fraction of sp³-hybridized carbons (Fsp3) is 0.867. The lowest BCUT2D eigenvalue weighted by atomic mass is 10.1. The van der Waals surface area contributed by atoms with Gasteiger partial charge in [0.15, 0.2) is 0 Å². The molecule has 4 heteroatoms. The summed E-state index contributed by atoms with van der Waals surface area (Å²) in [6.45, 7) is 7.16. The Hall–Kier alpha value is -1.06. The number of hydrogen-bond donors (Lipinski definition) is 1. The van der Waals surface area contributed by atoms with E-state index in [1.54, 1.807) is 11.8 Å². The zero-order valence-electron chi connectivity index (χ0n) is 12.6. The summed E-state index contributed by atoms with van der Waals surface area (Å²) in [6.07, 6.45) is 6.07. The number of rotatable bonds is 7. The summed E-state index contributed by atoms with van der Waals surface area (Å²) < 4.78 is 0. The molecule has 0 aromatic carbocycles. The number of nitrogens with zero attached hydrogens (tertiary/aromatic N) is 1. The van der Waals surface area contributed by atoms with E-state index in [1.807, 2.05) is 0 Å². The first-order valence-corrected chi connectivity index (χ1v) is 7.54. The van der Waals surface area contributed by atoms with E-state index in [9.17, 15) is 9.59 Å². The summed E-state index contributed by atoms with van der Waals surface area (Å²) in [4.78, 5) is 25.1. The molecule has 0 aromatic rings. The van der Waals surface area contributed by atoms with Crippen molar-refractivity contribution in [2.75, 3.05) is 13.1 Å². The van der Waals surface area contributed by atoms with Crippen LogP contribution in [0.15, 0.2) is 0 Å². The molecule has 0 bridgehead atoms. The molecule has 2 amide bonds. The maximum absolute atomic E-state index is 11.8. The predicted octanol–water partition coefficient (Wildman–Crippen LogP) is 2.33. The van der Waals surface area contributed by atoms with Crippen LogP contribution in [0.5, 0.6) is 0 Å². The molecule has 19 heavy (non-hydrogen) atoms. The molecular weight excluding hydrogens is 240 g/mol. The molecule has 4 nitrogen and oxygen atoms in total. The first-order chi connectivity index (χ1) is 8.99. The van der Waals surface area contributed by atoms with Gasteiger partial charge in [-0.2, -0.15) is 0 Å². The van der Waals surface area contributed by atoms with Gasteiger partial charge < -0.3 is 10.2 Å². The second-order valence-electron chi connectivity index (χ2n) is 5.99. The first-order valence-electron chi connectivity index (χ1n) is 7.54. The van der Waals surface area contributed by atoms with E-state index >= 15 is 0 Å². The van der Waals surface area contributed by atoms with Crippen molar-refractivity contribution < 1.29 is 9.59 Å². The maximum Gasteiger partial charge on any atom is 0.221 e. The van der Waals surface area contributed by atoms with Gasteiger partial charge in [0.1, 0.15) is 0 Å². The van der Waals surface area contributed by atoms with Crippen molar-refractivity contribution in [3.05, 3.63) is 0 Å². The van der Waals surface area contributed by atoms with Crippen LogP contribution in [0.2, 0.25) is 0 Å². The van der Waals surface area contributed by atoms with Gasteiger partial charge in [-0.15, -0.1) is 0 Å². The van der Waals surface area contributed by atoms with E-state index in [4.69, 9.17) is 0 Å². The molecule has 0 heterocycles. The van der Waals surface area contributed by atoms with Crippen molar-refractivity contribution in [1.82, 2.24) is 10.2 Å². The van der Waals surface area contributed by atoms with Crippen LogP contribution in [0, 0.1) is 5.92 Å². The van der Waals surface area contributed by atoms with E-state index in [0.717, 1.165) is 25.8 Å². The van der Waals surface area contributed by atoms with E-state index in [0.29, 0.717) is 24.9 Å². The van der Waals surface area contributed by atoms with Gasteiger partial charge in [0.25, 0.3) is 0 Å². The second-order valence-corrected chi connectivity index (χ2v) is 5.99. The van der Waals surface area contributed by atoms with Crippen molar-refractivity contribution in [1.29, 1.82) is 0 Å². The molecule has 1 saturated carbocycles. The van der Waals surface area contributed by atoms with Crippen LogP contribution in [0.3, 0.4) is 0 Å². The average molecular weight is 268 g/mol. The third kappa shape index (κ3) is 6.60. The minimum atomic E-state index is 0.0642. The molecule has 0 aliphatic heterocycles. The molecule has 0 atom stereocenters. The standard InChI is InChI=1S/C15H28N2O2/c1-12(2)8-10-17(13(3)18)11-9-15(19)16-14-6-4-5-7-14/h12,14H,4-11H2,1-3H3,(H,16,19). The monoisotopic (exact) mass is 268 g/mol. The van der Waals surface area contributed by atoms with Crippen molar-refractivity contribution in [2.45, 2.75) is 65.3 Å². The summed E-state index contributed by atoms with van der Waals surface area (Å²) in [5.74, 6) is 0.728. The van der Waals surface area contributed by atoms with Crippen LogP contribution in [-0.4, -0.2) is 35.8 Å². The highest BCUT2D eigenvalue weighted by atomic mass is 16.2. The fourth-order valence-corrected chi connectivity index (χ4v) is 2.45. The molecule has 1 fully saturated rings. The number of carbonyl (C=O) groups excluding carboxylic acids is 2. The van der Waals surface area contributed by atoms with Crippen LogP contribution >= 0.6 is 0 Å². The van der Waals surface area contributed by atoms with Gasteiger partial charge in [0.05, 0.1) is 0 Å². The van der Waals surface area contributed by atoms with Gasteiger partial charge in [-0.3, -0.25) is 9.59 Å². The Labute approximate surface area is 116 Å². The van der Waals surface area contributed by atoms with E-state index in [-0.39, 0.29) is 11.8 Å². The van der Waals surface area contributed by atoms with Crippen LogP contribution in [0.25, 0.3) is 0 Å². The number of amides is 2. The smallest absolute Gasteiger partial charge is 0.221 e. The lowest BCUT2D eigenvalue weighted by Crippen LogP contribution is -2.37. The maximum atomic E-state index is 11.8. The van der Waals surface area contributed by atoms with Gasteiger partial charge in [-0.25, -0.2) is 0 Å². The van der Waals surface area contributed by atoms with Gasteiger partial charge in [0, 0.05) is 32.5 Å². The Bertz CT molecular complexity index is 297. The van der Waals surface area contributed by atoms with Crippen LogP contribution < -0.4 is 5.32 Å². The van der Waals surface area contributed by atoms with Gasteiger partial charge in [-0.1, -0.05) is 26.7 Å². The van der Waals surface area contributed by atoms with E-state index in [2.05, 4.69) is 19.2 Å². The Morgan fingerprint density at radius 1 is 1.21 bits per heavy atom. The highest BCUT2D eigenvalue weighted by molar-refractivity contribution is 5.78. The van der Waals surface area contributed by atoms with Crippen LogP contribution in [0.1, 0.15) is 59.3 Å². The van der Waals surface area contributed by atoms with Crippen molar-refractivity contribution in [3.8, 4) is 0 Å². The zero-order chi connectivity index (χ0) is 14.3. The Morgan fingerprint density at radius 3 is 2.37 bits per heavy atom. The lowest BCUT2D eigenvalue weighted by molar-refractivity contribution is -0.130. The summed E-state index contributed by atoms with van der Waals surface area (Å²) in [5.41, 5.74) is 0. The Kier molecular flexibility index (Phi) is 6.89. The topological polar surface area (TPSA) is 49.4 Å². The van der Waals surface area contributed by atoms with Crippen molar-refractivity contribution >= 4 is 11.8 Å². The molecule has 110 valence electrons. The van der Waals surface area contributed by atoms with Gasteiger partial charge in [0.2, 0.25) is 11.8 Å². The summed E-state index contributed by atoms with van der Waals surface area (Å²) in [7, 11) is 0. The first kappa shape index (κ1) is 16.0. The third-order valence-electron chi connectivity index (χ3n) is 3.75. The van der Waals surface area contributed by atoms with Crippen LogP contribution in [-0.2, 0) is 9.59 Å². The summed E-state index contributed by atoms with van der Waals surface area (Å²) in [6, 6.07) is 0.369. The molecule has 0 spiro atoms. The zero-order valence-corrected chi connectivity index (χ0v) is 12.6. The van der Waals surface area contributed by atoms with Crippen LogP contribution in [0.4, 0.5) is 0 Å². The van der Waals surface area contributed by atoms with Crippen molar-refractivity contribution in [2.24, 2.45) is 5.92 Å². The molecule has 1 aliphatic rings. The summed E-state index contributed by atoms with van der Waals surface area (Å²) >= 11 is 0. The molecule has 0 saturated heterocycles.